The number of benzene rings is 1. The van der Waals surface area contributed by atoms with Gasteiger partial charge in [0.1, 0.15) is 5.75 Å². The zero-order valence-electron chi connectivity index (χ0n) is 8.98. The average Bonchev–Trinajstić information content (AvgIpc) is 2.77. The van der Waals surface area contributed by atoms with Gasteiger partial charge in [0.05, 0.1) is 16.7 Å². The summed E-state index contributed by atoms with van der Waals surface area (Å²) in [6.45, 7) is 1.55. The van der Waals surface area contributed by atoms with Crippen LogP contribution in [0.1, 0.15) is 12.7 Å². The van der Waals surface area contributed by atoms with Gasteiger partial charge in [0.15, 0.2) is 5.82 Å². The minimum atomic E-state index is -0.799. The second kappa shape index (κ2) is 4.56. The van der Waals surface area contributed by atoms with E-state index in [1.807, 2.05) is 0 Å². The Hall–Kier alpha value is -1.86. The molecule has 1 aromatic carbocycles. The van der Waals surface area contributed by atoms with Crippen LogP contribution in [0, 0.1) is 0 Å². The molecule has 17 heavy (non-hydrogen) atoms. The first kappa shape index (κ1) is 11.6. The predicted octanol–water partition coefficient (Wildman–Crippen LogP) is 0.467. The van der Waals surface area contributed by atoms with E-state index in [4.69, 9.17) is 12.2 Å². The van der Waals surface area contributed by atoms with Crippen molar-refractivity contribution >= 4 is 17.1 Å². The Kier molecular flexibility index (Phi) is 3.12. The highest BCUT2D eigenvalue weighted by Crippen LogP contribution is 2.14. The van der Waals surface area contributed by atoms with Crippen LogP contribution < -0.4 is 0 Å². The molecule has 0 aliphatic rings. The molecular weight excluding hydrogens is 240 g/mol. The van der Waals surface area contributed by atoms with E-state index >= 15 is 0 Å². The van der Waals surface area contributed by atoms with Crippen LogP contribution >= 0.6 is 12.2 Å². The molecule has 88 valence electrons. The Labute approximate surface area is 103 Å². The number of aliphatic hydroxyl groups is 1. The van der Waals surface area contributed by atoms with Crippen LogP contribution in [0.3, 0.4) is 0 Å². The van der Waals surface area contributed by atoms with Crippen molar-refractivity contribution < 1.29 is 10.2 Å². The van der Waals surface area contributed by atoms with Gasteiger partial charge in [-0.25, -0.2) is 0 Å². The van der Waals surface area contributed by atoms with Crippen molar-refractivity contribution in [1.29, 1.82) is 0 Å². The number of hydrogen-bond donors (Lipinski definition) is 2. The Morgan fingerprint density at radius 2 is 2.00 bits per heavy atom. The van der Waals surface area contributed by atoms with Crippen LogP contribution in [0.2, 0.25) is 0 Å². The summed E-state index contributed by atoms with van der Waals surface area (Å²) in [5.74, 6) is 0.474. The Morgan fingerprint density at radius 1 is 1.35 bits per heavy atom. The second-order valence-corrected chi connectivity index (χ2v) is 3.91. The highest BCUT2D eigenvalue weighted by atomic mass is 32.1. The molecule has 0 fully saturated rings. The molecule has 2 aromatic rings. The normalized spacial score (nSPS) is 12.4. The molecule has 1 aromatic heterocycles. The number of nitrogens with zero attached hydrogens (tertiary/aromatic N) is 4. The van der Waals surface area contributed by atoms with E-state index in [1.54, 1.807) is 19.1 Å². The molecular formula is C10H10N4O2S. The third-order valence-corrected chi connectivity index (χ3v) is 2.69. The summed E-state index contributed by atoms with van der Waals surface area (Å²) < 4.78 is 1.41. The number of aliphatic hydroxyl groups excluding tert-OH is 1. The molecule has 0 saturated carbocycles. The van der Waals surface area contributed by atoms with Crippen molar-refractivity contribution in [1.82, 2.24) is 20.2 Å². The minimum Gasteiger partial charge on any atom is -0.508 e. The van der Waals surface area contributed by atoms with Gasteiger partial charge in [-0.2, -0.15) is 4.68 Å². The first-order valence-corrected chi connectivity index (χ1v) is 5.30. The van der Waals surface area contributed by atoms with E-state index in [0.29, 0.717) is 11.5 Å². The minimum absolute atomic E-state index is 0.154. The highest BCUT2D eigenvalue weighted by Gasteiger charge is 2.16. The van der Waals surface area contributed by atoms with Crippen LogP contribution in [0.5, 0.6) is 5.75 Å². The lowest BCUT2D eigenvalue weighted by Crippen LogP contribution is -2.20. The molecule has 2 N–H and O–H groups in total. The van der Waals surface area contributed by atoms with Crippen molar-refractivity contribution in [2.75, 3.05) is 0 Å². The van der Waals surface area contributed by atoms with Gasteiger partial charge < -0.3 is 10.2 Å². The fourth-order valence-electron chi connectivity index (χ4n) is 1.30. The van der Waals surface area contributed by atoms with Gasteiger partial charge in [-0.1, -0.05) is 12.2 Å². The van der Waals surface area contributed by atoms with Gasteiger partial charge >= 0.3 is 0 Å². The number of thiocarbonyl (C=S) groups is 1. The van der Waals surface area contributed by atoms with Crippen molar-refractivity contribution in [3.8, 4) is 11.4 Å². The summed E-state index contributed by atoms with van der Waals surface area (Å²) in [5, 5.41) is 29.7. The number of rotatable bonds is 3. The maximum atomic E-state index is 9.42. The fourth-order valence-corrected chi connectivity index (χ4v) is 1.42. The van der Waals surface area contributed by atoms with E-state index < -0.39 is 6.10 Å². The van der Waals surface area contributed by atoms with Gasteiger partial charge in [0.25, 0.3) is 0 Å². The number of aromatic nitrogens is 4. The van der Waals surface area contributed by atoms with E-state index in [-0.39, 0.29) is 10.6 Å². The van der Waals surface area contributed by atoms with Gasteiger partial charge in [-0.3, -0.25) is 0 Å². The lowest BCUT2D eigenvalue weighted by Gasteiger charge is -2.07. The lowest BCUT2D eigenvalue weighted by molar-refractivity contribution is 0.264. The van der Waals surface area contributed by atoms with Crippen LogP contribution in [0.15, 0.2) is 24.3 Å². The van der Waals surface area contributed by atoms with Gasteiger partial charge in [0, 0.05) is 0 Å². The molecule has 1 heterocycles. The smallest absolute Gasteiger partial charge is 0.196 e. The van der Waals surface area contributed by atoms with Crippen molar-refractivity contribution in [2.24, 2.45) is 0 Å². The third-order valence-electron chi connectivity index (χ3n) is 2.16. The highest BCUT2D eigenvalue weighted by molar-refractivity contribution is 7.81. The topological polar surface area (TPSA) is 84.1 Å². The summed E-state index contributed by atoms with van der Waals surface area (Å²) >= 11 is 5.05. The summed E-state index contributed by atoms with van der Waals surface area (Å²) in [4.78, 5) is 0.267. The zero-order valence-corrected chi connectivity index (χ0v) is 9.79. The Balaban J connectivity index is 2.43. The number of hydrogen-bond acceptors (Lipinski definition) is 6. The maximum absolute atomic E-state index is 9.42. The molecule has 0 amide bonds. The molecule has 0 saturated heterocycles. The first-order valence-electron chi connectivity index (χ1n) is 4.89. The van der Waals surface area contributed by atoms with Crippen LogP contribution in [-0.2, 0) is 0 Å². The molecule has 0 spiro atoms. The maximum Gasteiger partial charge on any atom is 0.196 e. The quantitative estimate of drug-likeness (QED) is 0.608. The third kappa shape index (κ3) is 2.29. The Bertz CT molecular complexity index is 535. The number of phenolic OH excluding ortho intramolecular Hbond substituents is 1. The molecule has 1 unspecified atom stereocenters. The summed E-state index contributed by atoms with van der Waals surface area (Å²) in [5.41, 5.74) is 0.658. The van der Waals surface area contributed by atoms with Crippen LogP contribution in [-0.4, -0.2) is 41.4 Å². The predicted molar refractivity (Wildman–Crippen MR) is 64.2 cm³/mol. The van der Waals surface area contributed by atoms with Crippen LogP contribution in [0.4, 0.5) is 0 Å². The van der Waals surface area contributed by atoms with Gasteiger partial charge in [0.2, 0.25) is 0 Å². The Morgan fingerprint density at radius 3 is 2.59 bits per heavy atom. The molecule has 0 aliphatic heterocycles. The largest absolute Gasteiger partial charge is 0.508 e. The van der Waals surface area contributed by atoms with E-state index in [2.05, 4.69) is 15.5 Å². The van der Waals surface area contributed by atoms with E-state index in [1.165, 1.54) is 16.8 Å². The molecule has 1 atom stereocenters. The number of aromatic hydroxyl groups is 1. The molecule has 6 nitrogen and oxygen atoms in total. The molecule has 2 rings (SSSR count). The molecule has 0 bridgehead atoms. The average molecular weight is 250 g/mol. The monoisotopic (exact) mass is 250 g/mol. The molecule has 0 aliphatic carbocycles. The fraction of sp³-hybridized carbons (Fsp3) is 0.200. The first-order chi connectivity index (χ1) is 8.09. The van der Waals surface area contributed by atoms with Crippen molar-refractivity contribution in [2.45, 2.75) is 13.0 Å². The molecule has 0 radical (unpaired) electrons. The van der Waals surface area contributed by atoms with Crippen LogP contribution in [0.25, 0.3) is 5.69 Å². The second-order valence-electron chi connectivity index (χ2n) is 3.47. The van der Waals surface area contributed by atoms with Gasteiger partial charge in [-0.15, -0.1) is 5.10 Å². The zero-order chi connectivity index (χ0) is 12.4. The van der Waals surface area contributed by atoms with Gasteiger partial charge in [-0.05, 0) is 41.6 Å². The summed E-state index contributed by atoms with van der Waals surface area (Å²) in [6, 6.07) is 6.35. The van der Waals surface area contributed by atoms with E-state index in [0.717, 1.165) is 0 Å². The van der Waals surface area contributed by atoms with Crippen molar-refractivity contribution in [3.05, 3.63) is 30.1 Å². The van der Waals surface area contributed by atoms with E-state index in [9.17, 15) is 10.2 Å². The number of tetrazole rings is 1. The summed E-state index contributed by atoms with van der Waals surface area (Å²) in [6.07, 6.45) is -0.799. The SMILES string of the molecule is CC(O)C(=S)c1nnnn1-c1ccc(O)cc1. The lowest BCUT2D eigenvalue weighted by atomic mass is 10.2. The van der Waals surface area contributed by atoms with Crippen molar-refractivity contribution in [3.63, 3.8) is 0 Å². The summed E-state index contributed by atoms with van der Waals surface area (Å²) in [7, 11) is 0. The molecule has 7 heteroatoms. The number of phenols is 1. The standard InChI is InChI=1S/C10H10N4O2S/c1-6(15)9(17)10-11-12-13-14(10)7-2-4-8(16)5-3-7/h2-6,15-16H,1H3.